The molecule has 0 saturated carbocycles. The zero-order valence-corrected chi connectivity index (χ0v) is 18.3. The molecule has 30 heavy (non-hydrogen) atoms. The summed E-state index contributed by atoms with van der Waals surface area (Å²) in [5.41, 5.74) is 6.95. The first-order valence-corrected chi connectivity index (χ1v) is 11.5. The van der Waals surface area contributed by atoms with Crippen molar-refractivity contribution in [3.05, 3.63) is 41.6 Å². The van der Waals surface area contributed by atoms with Gasteiger partial charge in [-0.2, -0.15) is 4.31 Å². The van der Waals surface area contributed by atoms with Crippen LogP contribution >= 0.6 is 0 Å². The van der Waals surface area contributed by atoms with Gasteiger partial charge in [0.05, 0.1) is 18.1 Å². The molecular formula is C21H29N3O5S. The monoisotopic (exact) mass is 435 g/mol. The zero-order chi connectivity index (χ0) is 21.8. The first-order chi connectivity index (χ1) is 14.2. The number of amides is 1. The predicted molar refractivity (Wildman–Crippen MR) is 112 cm³/mol. The lowest BCUT2D eigenvalue weighted by Crippen LogP contribution is -2.40. The number of morpholine rings is 1. The summed E-state index contributed by atoms with van der Waals surface area (Å²) in [5, 5.41) is 0. The summed E-state index contributed by atoms with van der Waals surface area (Å²) >= 11 is 0. The Balaban J connectivity index is 1.49. The summed E-state index contributed by atoms with van der Waals surface area (Å²) in [6, 6.07) is 6.63. The fourth-order valence-corrected chi connectivity index (χ4v) is 5.07. The molecule has 9 heteroatoms. The third-order valence-corrected chi connectivity index (χ3v) is 7.10. The number of hydrogen-bond donors (Lipinski definition) is 2. The lowest BCUT2D eigenvalue weighted by molar-refractivity contribution is -0.122. The van der Waals surface area contributed by atoms with E-state index >= 15 is 0 Å². The van der Waals surface area contributed by atoms with Crippen LogP contribution in [-0.2, 0) is 30.8 Å². The van der Waals surface area contributed by atoms with Crippen LogP contribution in [0.4, 0.5) is 0 Å². The number of aryl methyl sites for hydroxylation is 1. The minimum atomic E-state index is -3.51. The minimum absolute atomic E-state index is 0.0510. The van der Waals surface area contributed by atoms with Gasteiger partial charge in [0.1, 0.15) is 0 Å². The van der Waals surface area contributed by atoms with Crippen molar-refractivity contribution >= 4 is 21.7 Å². The van der Waals surface area contributed by atoms with Crippen LogP contribution < -0.4 is 10.9 Å². The van der Waals surface area contributed by atoms with Gasteiger partial charge in [-0.3, -0.25) is 15.0 Å². The third kappa shape index (κ3) is 5.90. The zero-order valence-electron chi connectivity index (χ0n) is 17.4. The quantitative estimate of drug-likeness (QED) is 0.630. The fourth-order valence-electron chi connectivity index (χ4n) is 3.66. The largest absolute Gasteiger partial charge is 0.379 e. The highest BCUT2D eigenvalue weighted by Crippen LogP contribution is 2.32. The Kier molecular flexibility index (Phi) is 6.95. The van der Waals surface area contributed by atoms with Crippen molar-refractivity contribution in [1.29, 1.82) is 0 Å². The Morgan fingerprint density at radius 3 is 2.43 bits per heavy atom. The first-order valence-electron chi connectivity index (χ1n) is 10.1. The molecule has 1 aliphatic carbocycles. The molecular weight excluding hydrogens is 406 g/mol. The minimum Gasteiger partial charge on any atom is -0.379 e. The van der Waals surface area contributed by atoms with Crippen LogP contribution in [-0.4, -0.2) is 50.7 Å². The van der Waals surface area contributed by atoms with E-state index in [2.05, 4.69) is 10.9 Å². The molecule has 1 aromatic rings. The summed E-state index contributed by atoms with van der Waals surface area (Å²) < 4.78 is 31.9. The summed E-state index contributed by atoms with van der Waals surface area (Å²) in [5.74, 6) is -0.146. The van der Waals surface area contributed by atoms with Crippen molar-refractivity contribution in [2.75, 3.05) is 26.3 Å². The highest BCUT2D eigenvalue weighted by Gasteiger charge is 2.28. The molecule has 1 aromatic carbocycles. The molecule has 0 bridgehead atoms. The lowest BCUT2D eigenvalue weighted by Gasteiger charge is -2.29. The van der Waals surface area contributed by atoms with Gasteiger partial charge in [-0.1, -0.05) is 26.0 Å². The van der Waals surface area contributed by atoms with E-state index in [-0.39, 0.29) is 28.4 Å². The van der Waals surface area contributed by atoms with Gasteiger partial charge < -0.3 is 10.2 Å². The van der Waals surface area contributed by atoms with Gasteiger partial charge in [-0.15, -0.1) is 0 Å². The van der Waals surface area contributed by atoms with Gasteiger partial charge in [-0.05, 0) is 36.0 Å². The van der Waals surface area contributed by atoms with E-state index in [0.29, 0.717) is 51.3 Å². The Bertz CT molecular complexity index is 916. The predicted octanol–water partition coefficient (Wildman–Crippen LogP) is 1.53. The van der Waals surface area contributed by atoms with Crippen molar-refractivity contribution in [1.82, 2.24) is 15.2 Å². The first kappa shape index (κ1) is 22.5. The van der Waals surface area contributed by atoms with E-state index in [9.17, 15) is 18.0 Å². The van der Waals surface area contributed by atoms with Gasteiger partial charge in [0.15, 0.2) is 5.78 Å². The molecule has 1 aliphatic heterocycles. The highest BCUT2D eigenvalue weighted by molar-refractivity contribution is 7.89. The number of rotatable bonds is 7. The molecule has 1 saturated heterocycles. The van der Waals surface area contributed by atoms with Crippen LogP contribution in [0.2, 0.25) is 0 Å². The molecule has 1 amide bonds. The number of ketones is 1. The number of ether oxygens (including phenoxy) is 1. The van der Waals surface area contributed by atoms with E-state index < -0.39 is 10.0 Å². The summed E-state index contributed by atoms with van der Waals surface area (Å²) in [6.45, 7) is 5.56. The maximum Gasteiger partial charge on any atom is 0.243 e. The van der Waals surface area contributed by atoms with Gasteiger partial charge in [0.25, 0.3) is 0 Å². The van der Waals surface area contributed by atoms with E-state index in [1.807, 2.05) is 13.8 Å². The van der Waals surface area contributed by atoms with E-state index in [1.165, 1.54) is 4.31 Å². The standard InChI is InChI=1S/C21H29N3O5S/c1-21(2)14-17(13-18(25)15-21)22-23-20(26)8-5-16-3-6-19(7-4-16)30(27,28)24-9-11-29-12-10-24/h3-4,6-7,13,22H,5,8-12,14-15H2,1-2H3,(H,23,26). The van der Waals surface area contributed by atoms with Crippen LogP contribution in [0.5, 0.6) is 0 Å². The third-order valence-electron chi connectivity index (χ3n) is 5.19. The summed E-state index contributed by atoms with van der Waals surface area (Å²) in [6.07, 6.45) is 3.46. The number of carbonyl (C=O) groups excluding carboxylic acids is 2. The van der Waals surface area contributed by atoms with E-state index in [0.717, 1.165) is 5.56 Å². The highest BCUT2D eigenvalue weighted by atomic mass is 32.2. The molecule has 0 atom stereocenters. The molecule has 0 unspecified atom stereocenters. The van der Waals surface area contributed by atoms with Crippen molar-refractivity contribution in [2.24, 2.45) is 5.41 Å². The molecule has 164 valence electrons. The van der Waals surface area contributed by atoms with Crippen LogP contribution in [0, 0.1) is 5.41 Å². The number of benzene rings is 1. The van der Waals surface area contributed by atoms with Crippen LogP contribution in [0.25, 0.3) is 0 Å². The summed E-state index contributed by atoms with van der Waals surface area (Å²) in [4.78, 5) is 24.1. The molecule has 1 fully saturated rings. The second kappa shape index (κ2) is 9.28. The number of hydrazine groups is 1. The van der Waals surface area contributed by atoms with Gasteiger partial charge >= 0.3 is 0 Å². The maximum atomic E-state index is 12.6. The van der Waals surface area contributed by atoms with Crippen molar-refractivity contribution < 1.29 is 22.7 Å². The molecule has 8 nitrogen and oxygen atoms in total. The van der Waals surface area contributed by atoms with Crippen LogP contribution in [0.15, 0.2) is 40.9 Å². The normalized spacial score (nSPS) is 19.8. The molecule has 2 aliphatic rings. The SMILES string of the molecule is CC1(C)CC(=O)C=C(NNC(=O)CCc2ccc(S(=O)(=O)N3CCOCC3)cc2)C1. The number of sulfonamides is 1. The Morgan fingerprint density at radius 2 is 1.80 bits per heavy atom. The number of carbonyl (C=O) groups is 2. The Labute approximate surface area is 177 Å². The van der Waals surface area contributed by atoms with Crippen LogP contribution in [0.1, 0.15) is 38.7 Å². The summed E-state index contributed by atoms with van der Waals surface area (Å²) in [7, 11) is -3.51. The number of nitrogens with zero attached hydrogens (tertiary/aromatic N) is 1. The number of nitrogens with one attached hydrogen (secondary N) is 2. The van der Waals surface area contributed by atoms with Gasteiger partial charge in [-0.25, -0.2) is 8.42 Å². The molecule has 3 rings (SSSR count). The van der Waals surface area contributed by atoms with Gasteiger partial charge in [0, 0.05) is 37.7 Å². The van der Waals surface area contributed by atoms with Crippen molar-refractivity contribution in [3.63, 3.8) is 0 Å². The average molecular weight is 436 g/mol. The molecule has 0 radical (unpaired) electrons. The smallest absolute Gasteiger partial charge is 0.243 e. The van der Waals surface area contributed by atoms with Crippen molar-refractivity contribution in [3.8, 4) is 0 Å². The number of hydrogen-bond acceptors (Lipinski definition) is 6. The van der Waals surface area contributed by atoms with E-state index in [4.69, 9.17) is 4.74 Å². The lowest BCUT2D eigenvalue weighted by atomic mass is 9.79. The average Bonchev–Trinajstić information content (AvgIpc) is 2.70. The topological polar surface area (TPSA) is 105 Å². The van der Waals surface area contributed by atoms with E-state index in [1.54, 1.807) is 30.3 Å². The van der Waals surface area contributed by atoms with Crippen molar-refractivity contribution in [2.45, 2.75) is 44.4 Å². The Morgan fingerprint density at radius 1 is 1.13 bits per heavy atom. The fraction of sp³-hybridized carbons (Fsp3) is 0.524. The van der Waals surface area contributed by atoms with Gasteiger partial charge in [0.2, 0.25) is 15.9 Å². The molecule has 0 spiro atoms. The second-order valence-electron chi connectivity index (χ2n) is 8.49. The Hall–Kier alpha value is -2.23. The molecule has 2 N–H and O–H groups in total. The second-order valence-corrected chi connectivity index (χ2v) is 10.4. The maximum absolute atomic E-state index is 12.6. The molecule has 0 aromatic heterocycles. The molecule has 1 heterocycles. The van der Waals surface area contributed by atoms with Crippen LogP contribution in [0.3, 0.4) is 0 Å². The number of allylic oxidation sites excluding steroid dienone is 2.